The summed E-state index contributed by atoms with van der Waals surface area (Å²) in [6, 6.07) is 9.96. The average Bonchev–Trinajstić information content (AvgIpc) is 2.83. The minimum absolute atomic E-state index is 0.0325. The predicted octanol–water partition coefficient (Wildman–Crippen LogP) is 5.99. The van der Waals surface area contributed by atoms with Crippen LogP contribution < -0.4 is 20.1 Å². The molecule has 3 N–H and O–H groups in total. The van der Waals surface area contributed by atoms with E-state index in [1.54, 1.807) is 7.11 Å². The van der Waals surface area contributed by atoms with Crippen LogP contribution in [-0.2, 0) is 17.9 Å². The Morgan fingerprint density at radius 1 is 1.14 bits per heavy atom. The smallest absolute Gasteiger partial charge is 0.322 e. The zero-order valence-electron chi connectivity index (χ0n) is 21.3. The number of thiol groups is 2. The van der Waals surface area contributed by atoms with E-state index in [1.807, 2.05) is 42.3 Å². The summed E-state index contributed by atoms with van der Waals surface area (Å²) in [7, 11) is 0.214. The van der Waals surface area contributed by atoms with E-state index >= 15 is 0 Å². The van der Waals surface area contributed by atoms with Crippen molar-refractivity contribution in [2.24, 2.45) is 5.92 Å². The number of benzene rings is 2. The molecule has 0 bridgehead atoms. The molecule has 7 nitrogen and oxygen atoms in total. The first kappa shape index (κ1) is 27.0. The molecule has 3 amide bonds. The second kappa shape index (κ2) is 11.2. The quantitative estimate of drug-likeness (QED) is 0.218. The fourth-order valence-corrected chi connectivity index (χ4v) is 5.88. The number of aryl methyl sites for hydroxylation is 2. The topological polar surface area (TPSA) is 82.7 Å². The van der Waals surface area contributed by atoms with Crippen molar-refractivity contribution in [3.63, 3.8) is 0 Å². The molecule has 10 heteroatoms. The lowest BCUT2D eigenvalue weighted by Crippen LogP contribution is -2.47. The van der Waals surface area contributed by atoms with Gasteiger partial charge in [0.1, 0.15) is 5.75 Å². The van der Waals surface area contributed by atoms with E-state index in [1.165, 1.54) is 0 Å². The summed E-state index contributed by atoms with van der Waals surface area (Å²) in [6.07, 6.45) is 5.10. The minimum Gasteiger partial charge on any atom is -0.496 e. The van der Waals surface area contributed by atoms with Gasteiger partial charge >= 0.3 is 6.03 Å². The standard InChI is InChI=1S/C26H36N4O3S3/c1-16-5-8-20(13-24(16)33-3)28-25(31)19-6-9-21(10-7-19)30-15-22-17(2)11-18(14-27-36(4,34)35)12-23(22)29-26(30)32/h5,8,11-13,19,21,27,34-35H,6-7,9-10,14-15H2,1-4H3,(H,28,31)(H,29,32). The molecule has 4 rings (SSSR count). The summed E-state index contributed by atoms with van der Waals surface area (Å²) < 4.78 is 8.70. The molecule has 1 aliphatic heterocycles. The number of nitrogens with one attached hydrogen (secondary N) is 3. The van der Waals surface area contributed by atoms with Crippen LogP contribution in [0.4, 0.5) is 16.2 Å². The fourth-order valence-electron chi connectivity index (χ4n) is 5.05. The fraction of sp³-hybridized carbons (Fsp3) is 0.462. The van der Waals surface area contributed by atoms with Gasteiger partial charge < -0.3 is 20.3 Å². The van der Waals surface area contributed by atoms with E-state index in [2.05, 4.69) is 51.7 Å². The molecule has 1 saturated carbocycles. The van der Waals surface area contributed by atoms with Gasteiger partial charge in [-0.3, -0.25) is 9.52 Å². The SMILES string of the molecule is COc1cc(NC(=O)C2CCC(N3Cc4c(C)cc(CNS(C)(S)S)cc4NC3=O)CC2)ccc1C. The normalized spacial score (nSPS) is 20.4. The first-order chi connectivity index (χ1) is 17.0. The van der Waals surface area contributed by atoms with E-state index < -0.39 is 8.28 Å². The van der Waals surface area contributed by atoms with Crippen LogP contribution in [-0.4, -0.2) is 36.2 Å². The summed E-state index contributed by atoms with van der Waals surface area (Å²) >= 11 is 8.96. The summed E-state index contributed by atoms with van der Waals surface area (Å²) in [6.45, 7) is 5.30. The molecule has 1 heterocycles. The summed E-state index contributed by atoms with van der Waals surface area (Å²) in [5.74, 6) is 0.733. The number of ether oxygens (including phenoxy) is 1. The highest BCUT2D eigenvalue weighted by Gasteiger charge is 2.34. The number of carbonyl (C=O) groups is 2. The molecular weight excluding hydrogens is 513 g/mol. The molecule has 36 heavy (non-hydrogen) atoms. The van der Waals surface area contributed by atoms with Crippen LogP contribution in [0.5, 0.6) is 5.75 Å². The Balaban J connectivity index is 1.36. The first-order valence-corrected chi connectivity index (χ1v) is 16.3. The number of urea groups is 1. The number of rotatable bonds is 7. The Bertz CT molecular complexity index is 1140. The molecule has 2 aromatic rings. The maximum atomic E-state index is 13.0. The van der Waals surface area contributed by atoms with Gasteiger partial charge in [0.05, 0.1) is 13.7 Å². The van der Waals surface area contributed by atoms with Crippen LogP contribution in [0.15, 0.2) is 30.3 Å². The molecule has 196 valence electrons. The van der Waals surface area contributed by atoms with Crippen molar-refractivity contribution in [3.8, 4) is 5.75 Å². The van der Waals surface area contributed by atoms with Crippen molar-refractivity contribution in [1.82, 2.24) is 9.62 Å². The second-order valence-corrected chi connectivity index (χ2v) is 17.0. The molecule has 2 aliphatic rings. The Morgan fingerprint density at radius 2 is 1.86 bits per heavy atom. The third-order valence-corrected chi connectivity index (χ3v) is 8.56. The molecule has 0 atom stereocenters. The first-order valence-electron chi connectivity index (χ1n) is 12.2. The van der Waals surface area contributed by atoms with Gasteiger partial charge in [-0.15, -0.1) is 23.3 Å². The number of anilines is 2. The zero-order chi connectivity index (χ0) is 26.0. The van der Waals surface area contributed by atoms with Gasteiger partial charge in [-0.05, 0) is 80.2 Å². The number of hydrogen-bond acceptors (Lipinski definition) is 6. The van der Waals surface area contributed by atoms with Crippen LogP contribution >= 0.6 is 31.6 Å². The zero-order valence-corrected chi connectivity index (χ0v) is 23.9. The number of amides is 3. The Kier molecular flexibility index (Phi) is 8.38. The summed E-state index contributed by atoms with van der Waals surface area (Å²) in [5.41, 5.74) is 6.06. The molecule has 0 unspecified atom stereocenters. The molecule has 0 spiro atoms. The molecule has 2 aromatic carbocycles. The van der Waals surface area contributed by atoms with Crippen LogP contribution in [0.25, 0.3) is 0 Å². The molecule has 0 aromatic heterocycles. The summed E-state index contributed by atoms with van der Waals surface area (Å²) in [5, 5.41) is 6.14. The number of hydrogen-bond donors (Lipinski definition) is 5. The van der Waals surface area contributed by atoms with Crippen molar-refractivity contribution >= 4 is 54.9 Å². The van der Waals surface area contributed by atoms with Crippen LogP contribution in [0.2, 0.25) is 0 Å². The minimum atomic E-state index is -1.41. The summed E-state index contributed by atoms with van der Waals surface area (Å²) in [4.78, 5) is 27.9. The highest BCUT2D eigenvalue weighted by atomic mass is 33.5. The van der Waals surface area contributed by atoms with Crippen molar-refractivity contribution in [3.05, 3.63) is 52.6 Å². The predicted molar refractivity (Wildman–Crippen MR) is 156 cm³/mol. The van der Waals surface area contributed by atoms with E-state index in [9.17, 15) is 9.59 Å². The average molecular weight is 549 g/mol. The lowest BCUT2D eigenvalue weighted by molar-refractivity contribution is -0.121. The third-order valence-electron chi connectivity index (χ3n) is 7.10. The van der Waals surface area contributed by atoms with Gasteiger partial charge in [0.25, 0.3) is 0 Å². The maximum Gasteiger partial charge on any atom is 0.322 e. The van der Waals surface area contributed by atoms with Crippen molar-refractivity contribution < 1.29 is 14.3 Å². The monoisotopic (exact) mass is 548 g/mol. The van der Waals surface area contributed by atoms with E-state index in [4.69, 9.17) is 4.74 Å². The van der Waals surface area contributed by atoms with E-state index in [-0.39, 0.29) is 23.9 Å². The number of carbonyl (C=O) groups excluding carboxylic acids is 2. The van der Waals surface area contributed by atoms with Gasteiger partial charge in [0.2, 0.25) is 5.91 Å². The molecule has 0 radical (unpaired) electrons. The molecular formula is C26H36N4O3S3. The van der Waals surface area contributed by atoms with E-state index in [0.29, 0.717) is 13.1 Å². The molecule has 1 fully saturated rings. The second-order valence-electron chi connectivity index (χ2n) is 9.83. The van der Waals surface area contributed by atoms with Crippen molar-refractivity contribution in [2.75, 3.05) is 24.0 Å². The van der Waals surface area contributed by atoms with E-state index in [0.717, 1.165) is 65.1 Å². The van der Waals surface area contributed by atoms with Crippen LogP contribution in [0.3, 0.4) is 0 Å². The van der Waals surface area contributed by atoms with Crippen LogP contribution in [0.1, 0.15) is 47.9 Å². The van der Waals surface area contributed by atoms with Gasteiger partial charge in [-0.25, -0.2) is 4.79 Å². The largest absolute Gasteiger partial charge is 0.496 e. The van der Waals surface area contributed by atoms with Gasteiger partial charge in [0.15, 0.2) is 0 Å². The number of nitrogens with zero attached hydrogens (tertiary/aromatic N) is 1. The lowest BCUT2D eigenvalue weighted by atomic mass is 9.84. The Morgan fingerprint density at radius 3 is 2.53 bits per heavy atom. The Labute approximate surface area is 225 Å². The highest BCUT2D eigenvalue weighted by Crippen LogP contribution is 2.49. The highest BCUT2D eigenvalue weighted by molar-refractivity contribution is 9.17. The molecule has 0 saturated heterocycles. The number of fused-ring (bicyclic) bond motifs is 1. The van der Waals surface area contributed by atoms with Crippen molar-refractivity contribution in [2.45, 2.75) is 58.7 Å². The van der Waals surface area contributed by atoms with Gasteiger partial charge in [0, 0.05) is 35.9 Å². The Hall–Kier alpha value is -2.01. The lowest BCUT2D eigenvalue weighted by Gasteiger charge is -2.39. The number of methoxy groups -OCH3 is 1. The van der Waals surface area contributed by atoms with Crippen LogP contribution in [0, 0.1) is 19.8 Å². The maximum absolute atomic E-state index is 13.0. The van der Waals surface area contributed by atoms with Gasteiger partial charge in [-0.2, -0.15) is 0 Å². The third kappa shape index (κ3) is 6.45. The van der Waals surface area contributed by atoms with Gasteiger partial charge in [-0.1, -0.05) is 20.4 Å². The molecule has 1 aliphatic carbocycles. The van der Waals surface area contributed by atoms with Crippen molar-refractivity contribution in [1.29, 1.82) is 0 Å².